The Morgan fingerprint density at radius 3 is 2.70 bits per heavy atom. The smallest absolute Gasteiger partial charge is 0.156 e. The molecule has 0 aliphatic carbocycles. The van der Waals surface area contributed by atoms with E-state index in [-0.39, 0.29) is 6.10 Å². The van der Waals surface area contributed by atoms with E-state index in [1.54, 1.807) is 4.52 Å². The second kappa shape index (κ2) is 6.12. The van der Waals surface area contributed by atoms with E-state index < -0.39 is 11.4 Å². The highest BCUT2D eigenvalue weighted by molar-refractivity contribution is 5.65. The second-order valence-corrected chi connectivity index (χ2v) is 6.18. The van der Waals surface area contributed by atoms with Gasteiger partial charge in [0.15, 0.2) is 17.2 Å². The van der Waals surface area contributed by atoms with E-state index in [0.717, 1.165) is 24.1 Å². The molecule has 1 aliphatic heterocycles. The van der Waals surface area contributed by atoms with Crippen LogP contribution in [0.15, 0.2) is 18.5 Å². The average Bonchev–Trinajstić information content (AvgIpc) is 3.02. The van der Waals surface area contributed by atoms with Crippen LogP contribution in [0.5, 0.6) is 0 Å². The first-order valence-electron chi connectivity index (χ1n) is 7.25. The predicted octanol–water partition coefficient (Wildman–Crippen LogP) is 1.15. The van der Waals surface area contributed by atoms with Crippen molar-refractivity contribution < 1.29 is 14.9 Å². The average molecular weight is 319 g/mol. The number of rotatable bonds is 1. The molecule has 0 bridgehead atoms. The number of ether oxygens (including phenoxy) is 1. The van der Waals surface area contributed by atoms with E-state index in [0.29, 0.717) is 5.82 Å². The number of anilines is 1. The summed E-state index contributed by atoms with van der Waals surface area (Å²) in [5, 5.41) is 29.4. The maximum Gasteiger partial charge on any atom is 0.156 e. The summed E-state index contributed by atoms with van der Waals surface area (Å²) in [7, 11) is 0. The van der Waals surface area contributed by atoms with Crippen LogP contribution in [-0.2, 0) is 4.74 Å². The third-order valence-electron chi connectivity index (χ3n) is 3.36. The minimum atomic E-state index is -1.50. The lowest BCUT2D eigenvalue weighted by Crippen LogP contribution is -2.20. The highest BCUT2D eigenvalue weighted by atomic mass is 16.5. The Hall–Kier alpha value is -2.21. The number of nitriles is 1. The molecular formula is C15H21N5O3. The Morgan fingerprint density at radius 2 is 2.13 bits per heavy atom. The first kappa shape index (κ1) is 17.1. The van der Waals surface area contributed by atoms with Gasteiger partial charge in [-0.25, -0.2) is 9.50 Å². The maximum absolute atomic E-state index is 9.07. The molecule has 23 heavy (non-hydrogen) atoms. The zero-order chi connectivity index (χ0) is 17.3. The molecule has 0 spiro atoms. The molecule has 8 heteroatoms. The summed E-state index contributed by atoms with van der Waals surface area (Å²) in [5.41, 5.74) is 6.76. The quantitative estimate of drug-likeness (QED) is 0.672. The normalized spacial score (nSPS) is 24.1. The summed E-state index contributed by atoms with van der Waals surface area (Å²) in [6, 6.07) is 6.00. The molecule has 1 saturated heterocycles. The second-order valence-electron chi connectivity index (χ2n) is 6.18. The molecule has 0 unspecified atom stereocenters. The van der Waals surface area contributed by atoms with E-state index in [2.05, 4.69) is 16.2 Å². The number of fused-ring (bicyclic) bond motifs is 1. The molecule has 0 aromatic carbocycles. The Balaban J connectivity index is 0.000000338. The summed E-state index contributed by atoms with van der Waals surface area (Å²) in [6.07, 6.45) is 2.83. The lowest BCUT2D eigenvalue weighted by Gasteiger charge is -2.16. The van der Waals surface area contributed by atoms with Gasteiger partial charge in [0.25, 0.3) is 0 Å². The number of nitrogens with zero attached hydrogens (tertiary/aromatic N) is 4. The van der Waals surface area contributed by atoms with E-state index in [1.807, 2.05) is 19.1 Å². The molecule has 2 aromatic rings. The van der Waals surface area contributed by atoms with Crippen molar-refractivity contribution in [1.29, 1.82) is 5.26 Å². The van der Waals surface area contributed by atoms with Crippen molar-refractivity contribution in [3.63, 3.8) is 0 Å². The molecule has 3 heterocycles. The summed E-state index contributed by atoms with van der Waals surface area (Å²) in [5.74, 6) is -1.06. The van der Waals surface area contributed by atoms with Crippen LogP contribution < -0.4 is 5.73 Å². The molecule has 8 nitrogen and oxygen atoms in total. The van der Waals surface area contributed by atoms with Crippen LogP contribution in [-0.4, -0.2) is 36.2 Å². The Kier molecular flexibility index (Phi) is 4.56. The predicted molar refractivity (Wildman–Crippen MR) is 83.0 cm³/mol. The van der Waals surface area contributed by atoms with Crippen LogP contribution in [0.4, 0.5) is 5.82 Å². The molecule has 0 saturated carbocycles. The summed E-state index contributed by atoms with van der Waals surface area (Å²) in [6.45, 7) is 4.41. The summed E-state index contributed by atoms with van der Waals surface area (Å²) in [4.78, 5) is 3.94. The number of hydrogen-bond donors (Lipinski definition) is 3. The zero-order valence-electron chi connectivity index (χ0n) is 13.4. The van der Waals surface area contributed by atoms with Gasteiger partial charge >= 0.3 is 0 Å². The number of nitrogens with two attached hydrogens (primary N) is 1. The highest BCUT2D eigenvalue weighted by Gasteiger charge is 2.38. The fraction of sp³-hybridized carbons (Fsp3) is 0.533. The summed E-state index contributed by atoms with van der Waals surface area (Å²) < 4.78 is 7.54. The van der Waals surface area contributed by atoms with Crippen molar-refractivity contribution in [2.24, 2.45) is 0 Å². The fourth-order valence-electron chi connectivity index (χ4n) is 2.35. The Morgan fingerprint density at radius 1 is 1.48 bits per heavy atom. The van der Waals surface area contributed by atoms with Crippen LogP contribution in [0.1, 0.15) is 45.4 Å². The molecule has 1 aliphatic rings. The van der Waals surface area contributed by atoms with E-state index in [4.69, 9.17) is 25.9 Å². The summed E-state index contributed by atoms with van der Waals surface area (Å²) >= 11 is 0. The van der Waals surface area contributed by atoms with Crippen LogP contribution >= 0.6 is 0 Å². The number of aliphatic hydroxyl groups is 2. The molecule has 1 fully saturated rings. The van der Waals surface area contributed by atoms with E-state index in [9.17, 15) is 0 Å². The van der Waals surface area contributed by atoms with Crippen molar-refractivity contribution in [2.75, 3.05) is 5.73 Å². The van der Waals surface area contributed by atoms with Gasteiger partial charge in [-0.05, 0) is 45.7 Å². The van der Waals surface area contributed by atoms with E-state index >= 15 is 0 Å². The Labute approximate surface area is 134 Å². The van der Waals surface area contributed by atoms with Gasteiger partial charge in [0.1, 0.15) is 17.9 Å². The zero-order valence-corrected chi connectivity index (χ0v) is 13.4. The van der Waals surface area contributed by atoms with Crippen molar-refractivity contribution in [2.45, 2.75) is 51.1 Å². The van der Waals surface area contributed by atoms with Crippen molar-refractivity contribution in [1.82, 2.24) is 14.6 Å². The monoisotopic (exact) mass is 319 g/mol. The standard InChI is InChI=1S/C12H13N5O.C3H8O2/c1-12(6-13)5-4-10(18-12)8-2-3-9-11(14)15-7-16-17(8)9;1-3(2,4)5/h2-3,7,10H,4-5H2,1H3,(H2,14,15,16);4-5H,1-2H3/t10-,12-;/m1./s1. The lowest BCUT2D eigenvalue weighted by molar-refractivity contribution is -0.127. The molecule has 2 aromatic heterocycles. The van der Waals surface area contributed by atoms with Gasteiger partial charge in [-0.2, -0.15) is 10.4 Å². The first-order chi connectivity index (χ1) is 10.6. The number of hydrogen-bond acceptors (Lipinski definition) is 7. The van der Waals surface area contributed by atoms with Gasteiger partial charge in [-0.1, -0.05) is 0 Å². The Bertz CT molecular complexity index is 725. The van der Waals surface area contributed by atoms with Gasteiger partial charge in [-0.15, -0.1) is 0 Å². The van der Waals surface area contributed by atoms with Crippen LogP contribution in [0.25, 0.3) is 5.52 Å². The molecule has 2 atom stereocenters. The first-order valence-corrected chi connectivity index (χ1v) is 7.25. The van der Waals surface area contributed by atoms with Crippen molar-refractivity contribution in [3.8, 4) is 6.07 Å². The highest BCUT2D eigenvalue weighted by Crippen LogP contribution is 2.39. The topological polar surface area (TPSA) is 130 Å². The third-order valence-corrected chi connectivity index (χ3v) is 3.36. The molecule has 3 rings (SSSR count). The SMILES string of the molecule is CC(C)(O)O.C[C@]1(C#N)CC[C@H](c2ccc3c(N)ncnn23)O1. The minimum Gasteiger partial charge on any atom is -0.382 e. The van der Waals surface area contributed by atoms with Crippen molar-refractivity contribution >= 4 is 11.3 Å². The number of nitrogen functional groups attached to an aromatic ring is 1. The fourth-order valence-corrected chi connectivity index (χ4v) is 2.35. The number of aromatic nitrogens is 3. The maximum atomic E-state index is 9.07. The van der Waals surface area contributed by atoms with Gasteiger partial charge in [0.05, 0.1) is 11.8 Å². The van der Waals surface area contributed by atoms with Gasteiger partial charge < -0.3 is 20.7 Å². The van der Waals surface area contributed by atoms with Gasteiger partial charge in [0, 0.05) is 0 Å². The molecular weight excluding hydrogens is 298 g/mol. The molecule has 4 N–H and O–H groups in total. The van der Waals surface area contributed by atoms with Crippen LogP contribution in [0.2, 0.25) is 0 Å². The van der Waals surface area contributed by atoms with Crippen LogP contribution in [0.3, 0.4) is 0 Å². The van der Waals surface area contributed by atoms with Crippen molar-refractivity contribution in [3.05, 3.63) is 24.2 Å². The minimum absolute atomic E-state index is 0.119. The van der Waals surface area contributed by atoms with Crippen LogP contribution in [0, 0.1) is 11.3 Å². The largest absolute Gasteiger partial charge is 0.382 e. The molecule has 0 amide bonds. The van der Waals surface area contributed by atoms with Gasteiger partial charge in [-0.3, -0.25) is 0 Å². The lowest BCUT2D eigenvalue weighted by atomic mass is 10.0. The van der Waals surface area contributed by atoms with E-state index in [1.165, 1.54) is 20.2 Å². The molecule has 0 radical (unpaired) electrons. The third kappa shape index (κ3) is 4.16. The van der Waals surface area contributed by atoms with Gasteiger partial charge in [0.2, 0.25) is 0 Å². The molecule has 124 valence electrons.